The van der Waals surface area contributed by atoms with Crippen LogP contribution in [0.1, 0.15) is 238 Å². The van der Waals surface area contributed by atoms with E-state index in [1.54, 1.807) is 48.5 Å². The number of anilines is 2. The van der Waals surface area contributed by atoms with Crippen molar-refractivity contribution in [2.45, 2.75) is 167 Å². The Morgan fingerprint density at radius 2 is 0.614 bits per heavy atom. The van der Waals surface area contributed by atoms with Crippen LogP contribution < -0.4 is 39.4 Å². The Kier molecular flexibility index (Phi) is 38.3. The summed E-state index contributed by atoms with van der Waals surface area (Å²) in [6.07, 6.45) is 22.5. The number of unbranched alkanes of at least 4 members (excludes halogenated alkanes) is 6. The van der Waals surface area contributed by atoms with Gasteiger partial charge in [0.05, 0.1) is 0 Å². The zero-order valence-corrected chi connectivity index (χ0v) is 82.4. The topological polar surface area (TPSA) is 461 Å². The van der Waals surface area contributed by atoms with Gasteiger partial charge in [0.25, 0.3) is 23.6 Å². The summed E-state index contributed by atoms with van der Waals surface area (Å²) in [5, 5.41) is 13.4. The van der Waals surface area contributed by atoms with Crippen molar-refractivity contribution in [2.75, 3.05) is 23.7 Å². The number of amides is 4. The second-order valence-corrected chi connectivity index (χ2v) is 40.5. The molecular formula is C104H112N8O22P4S2. The van der Waals surface area contributed by atoms with Gasteiger partial charge in [0.15, 0.2) is 11.4 Å². The average Bonchev–Trinajstić information content (AvgIpc) is 1.68. The standard InChI is InChI=1S/C29H29N2O6P.C29H29N2O5PS.C23H27N2O6P.C23H27N2O5PS/c32-28(30-24-15-13-22(14-16-24)21-7-3-1-4-8-21)27-26(36-29(31-27)23-9-5-2-6-10-23)19-20-11-17-25(18-12-20)37-38(33,34)35;32-28(30-24-15-13-22(14-16-24)21-7-3-1-4-8-21)27-26(38-29(31-27)23-9-5-2-6-10-23)19-20-11-17-25(18-12-20)36-37(33,34)35;1-2-3-4-8-15-24-22(26)21-20(30-23(25-21)18-9-6-5-7-10-18)16-17-11-13-19(14-12-17)31-32(27,28)29;1-2-3-4-8-15-24-22(26)21-20(32-23(25-21)18-9-6-5-7-10-18)16-17-11-13-19(14-12-17)30-31(27,28)29/h2*2,5-6,9-18,21H,1,3-4,7-8,19H2,(H,30,32)(H2,33,34,35);2*5-7,9-14H,2-4,8,15-16H2,1H3,(H,24,26)(H2,27,28,29). The molecule has 0 bridgehead atoms. The molecule has 0 saturated heterocycles. The van der Waals surface area contributed by atoms with Crippen LogP contribution in [-0.2, 0) is 43.9 Å². The SMILES string of the molecule is CCCCCCNC(=O)c1nc(-c2ccccc2)oc1Cc1ccc(OP(=O)(O)O)cc1.CCCCCCNC(=O)c1nc(-c2ccccc2)sc1Cc1ccc(OP(=O)(O)O)cc1.O=C(Nc1ccc(C2CCCCC2)cc1)c1nc(-c2ccccc2)oc1Cc1ccc(OP(=O)(O)O)cc1.O=C(Nc1ccc(C2CCCCC2)cc1)c1nc(-c2ccccc2)sc1Cc1ccc(OP(=O)(O)O)cc1. The number of phosphoric acid groups is 4. The highest BCUT2D eigenvalue weighted by Gasteiger charge is 2.29. The molecule has 732 valence electrons. The molecule has 4 heterocycles. The number of nitrogens with zero attached hydrogens (tertiary/aromatic N) is 4. The van der Waals surface area contributed by atoms with Crippen molar-refractivity contribution in [3.8, 4) is 67.0 Å². The van der Waals surface area contributed by atoms with Crippen LogP contribution in [0, 0.1) is 0 Å². The van der Waals surface area contributed by atoms with Crippen LogP contribution in [0.25, 0.3) is 44.1 Å². The Morgan fingerprint density at radius 3 is 0.929 bits per heavy atom. The molecule has 30 nitrogen and oxygen atoms in total. The fourth-order valence-electron chi connectivity index (χ4n) is 16.0. The Balaban J connectivity index is 0.000000158. The second-order valence-electron chi connectivity index (χ2n) is 33.7. The van der Waals surface area contributed by atoms with E-state index < -0.39 is 31.3 Å². The first kappa shape index (κ1) is 105. The lowest BCUT2D eigenvalue weighted by Gasteiger charge is -2.22. The van der Waals surface area contributed by atoms with E-state index >= 15 is 0 Å². The molecule has 2 aliphatic carbocycles. The quantitative estimate of drug-likeness (QED) is 0.0126. The lowest BCUT2D eigenvalue weighted by Crippen LogP contribution is -2.25. The minimum atomic E-state index is -4.65. The van der Waals surface area contributed by atoms with Crippen LogP contribution in [0.15, 0.2) is 276 Å². The molecule has 2 fully saturated rings. The molecule has 2 aliphatic rings. The first-order valence-electron chi connectivity index (χ1n) is 46.3. The zero-order chi connectivity index (χ0) is 99.0. The molecule has 0 atom stereocenters. The molecule has 36 heteroatoms. The number of thiazole rings is 2. The van der Waals surface area contributed by atoms with Gasteiger partial charge in [-0.15, -0.1) is 22.7 Å². The monoisotopic (exact) mass is 2010 g/mol. The van der Waals surface area contributed by atoms with Gasteiger partial charge in [0, 0.05) is 82.2 Å². The third-order valence-electron chi connectivity index (χ3n) is 22.9. The van der Waals surface area contributed by atoms with Crippen molar-refractivity contribution >= 4 is 89.0 Å². The molecule has 2 saturated carbocycles. The number of oxazole rings is 2. The molecule has 14 aromatic rings. The van der Waals surface area contributed by atoms with Gasteiger partial charge < -0.3 is 48.2 Å². The van der Waals surface area contributed by atoms with Gasteiger partial charge in [-0.3, -0.25) is 58.3 Å². The van der Waals surface area contributed by atoms with E-state index in [0.29, 0.717) is 78.1 Å². The lowest BCUT2D eigenvalue weighted by molar-refractivity contribution is 0.0939. The van der Waals surface area contributed by atoms with Crippen LogP contribution >= 0.6 is 54.0 Å². The van der Waals surface area contributed by atoms with Gasteiger partial charge in [-0.1, -0.05) is 261 Å². The summed E-state index contributed by atoms with van der Waals surface area (Å²) in [5.41, 5.74) is 11.9. The normalized spacial score (nSPS) is 12.9. The van der Waals surface area contributed by atoms with E-state index in [2.05, 4.69) is 92.4 Å². The van der Waals surface area contributed by atoms with Crippen LogP contribution in [0.2, 0.25) is 0 Å². The van der Waals surface area contributed by atoms with Gasteiger partial charge in [-0.2, -0.15) is 0 Å². The molecule has 4 amide bonds. The van der Waals surface area contributed by atoms with E-state index in [0.717, 1.165) is 121 Å². The molecule has 0 unspecified atom stereocenters. The third kappa shape index (κ3) is 33.4. The van der Waals surface area contributed by atoms with E-state index in [1.807, 2.05) is 146 Å². The molecule has 16 rings (SSSR count). The van der Waals surface area contributed by atoms with E-state index in [9.17, 15) is 37.4 Å². The predicted molar refractivity (Wildman–Crippen MR) is 540 cm³/mol. The maximum Gasteiger partial charge on any atom is 0.524 e. The summed E-state index contributed by atoms with van der Waals surface area (Å²) >= 11 is 2.92. The molecule has 0 radical (unpaired) electrons. The molecule has 10 aromatic carbocycles. The first-order valence-corrected chi connectivity index (χ1v) is 54.1. The summed E-state index contributed by atoms with van der Waals surface area (Å²) in [4.78, 5) is 144. The molecule has 4 aromatic heterocycles. The number of rotatable bonds is 38. The number of hydrogen-bond donors (Lipinski definition) is 12. The van der Waals surface area contributed by atoms with Crippen molar-refractivity contribution < 1.29 is 104 Å². The van der Waals surface area contributed by atoms with Gasteiger partial charge >= 0.3 is 31.3 Å². The number of carbonyl (C=O) groups excluding carboxylic acids is 4. The summed E-state index contributed by atoms with van der Waals surface area (Å²) in [7, 11) is -18.5. The summed E-state index contributed by atoms with van der Waals surface area (Å²) in [6.45, 7) is 5.47. The zero-order valence-electron chi connectivity index (χ0n) is 77.2. The highest BCUT2D eigenvalue weighted by atomic mass is 32.1. The Labute approximate surface area is 819 Å². The minimum Gasteiger partial charge on any atom is -0.440 e. The molecule has 140 heavy (non-hydrogen) atoms. The number of hydrogen-bond acceptors (Lipinski definition) is 20. The fraction of sp³-hybridized carbons (Fsp3) is 0.269. The Morgan fingerprint density at radius 1 is 0.329 bits per heavy atom. The van der Waals surface area contributed by atoms with Gasteiger partial charge in [-0.05, 0) is 181 Å². The summed E-state index contributed by atoms with van der Waals surface area (Å²) < 4.78 is 74.6. The summed E-state index contributed by atoms with van der Waals surface area (Å²) in [6, 6.07) is 79.6. The third-order valence-corrected chi connectivity index (χ3v) is 26.9. The number of phosphoric ester groups is 4. The number of benzene rings is 10. The molecular weight excluding hydrogens is 1900 g/mol. The van der Waals surface area contributed by atoms with Crippen LogP contribution in [0.3, 0.4) is 0 Å². The van der Waals surface area contributed by atoms with Crippen molar-refractivity contribution in [1.82, 2.24) is 30.6 Å². The Hall–Kier alpha value is -12.4. The largest absolute Gasteiger partial charge is 0.524 e. The van der Waals surface area contributed by atoms with Crippen LogP contribution in [0.4, 0.5) is 11.4 Å². The van der Waals surface area contributed by atoms with Crippen molar-refractivity contribution in [2.24, 2.45) is 0 Å². The summed E-state index contributed by atoms with van der Waals surface area (Å²) in [5.74, 6) is 1.80. The fourth-order valence-corrected chi connectivity index (χ4v) is 19.8. The molecule has 0 spiro atoms. The maximum absolute atomic E-state index is 13.4. The lowest BCUT2D eigenvalue weighted by atomic mass is 9.84. The van der Waals surface area contributed by atoms with Crippen molar-refractivity contribution in [3.63, 3.8) is 0 Å². The second kappa shape index (κ2) is 51.1. The van der Waals surface area contributed by atoms with E-state index in [1.165, 1.54) is 147 Å². The highest BCUT2D eigenvalue weighted by molar-refractivity contribution is 7.47. The average molecular weight is 2010 g/mol. The maximum atomic E-state index is 13.4. The predicted octanol–water partition coefficient (Wildman–Crippen LogP) is 23.8. The van der Waals surface area contributed by atoms with E-state index in [-0.39, 0.29) is 70.9 Å². The van der Waals surface area contributed by atoms with Gasteiger partial charge in [0.2, 0.25) is 11.8 Å². The first-order chi connectivity index (χ1) is 67.4. The number of nitrogens with one attached hydrogen (secondary N) is 4. The van der Waals surface area contributed by atoms with Crippen LogP contribution in [0.5, 0.6) is 23.0 Å². The van der Waals surface area contributed by atoms with Crippen LogP contribution in [-0.4, -0.2) is 95.8 Å². The minimum absolute atomic E-state index is 0.0410. The Bertz CT molecular complexity index is 6150. The molecule has 0 aliphatic heterocycles. The highest BCUT2D eigenvalue weighted by Crippen LogP contribution is 2.44. The van der Waals surface area contributed by atoms with E-state index in [4.69, 9.17) is 53.0 Å². The molecule has 12 N–H and O–H groups in total. The number of aromatic nitrogens is 4. The van der Waals surface area contributed by atoms with Crippen molar-refractivity contribution in [3.05, 3.63) is 344 Å². The van der Waals surface area contributed by atoms with Crippen molar-refractivity contribution in [1.29, 1.82) is 0 Å². The van der Waals surface area contributed by atoms with Gasteiger partial charge in [-0.25, -0.2) is 38.2 Å². The van der Waals surface area contributed by atoms with Gasteiger partial charge in [0.1, 0.15) is 55.9 Å². The number of carbonyl (C=O) groups is 4. The smallest absolute Gasteiger partial charge is 0.440 e.